The van der Waals surface area contributed by atoms with Crippen molar-refractivity contribution in [1.82, 2.24) is 5.32 Å². The molecule has 0 aliphatic carbocycles. The second kappa shape index (κ2) is 10.6. The Hall–Kier alpha value is -0.160. The lowest BCUT2D eigenvalue weighted by atomic mass is 9.79. The van der Waals surface area contributed by atoms with Gasteiger partial charge in [-0.3, -0.25) is 0 Å². The molecule has 1 atom stereocenters. The third-order valence-electron chi connectivity index (χ3n) is 3.74. The lowest BCUT2D eigenvalue weighted by Gasteiger charge is -2.37. The summed E-state index contributed by atoms with van der Waals surface area (Å²) in [6.07, 6.45) is 5.69. The summed E-state index contributed by atoms with van der Waals surface area (Å²) >= 11 is 0. The van der Waals surface area contributed by atoms with Gasteiger partial charge in [-0.2, -0.15) is 0 Å². The minimum Gasteiger partial charge on any atom is -0.385 e. The van der Waals surface area contributed by atoms with Crippen LogP contribution < -0.4 is 5.32 Å². The van der Waals surface area contributed by atoms with Gasteiger partial charge in [0, 0.05) is 45.5 Å². The largest absolute Gasteiger partial charge is 0.385 e. The normalized spacial score (nSPS) is 23.7. The minimum absolute atomic E-state index is 0.286. The van der Waals surface area contributed by atoms with Crippen LogP contribution in [-0.4, -0.2) is 53.2 Å². The number of nitrogens with one attached hydrogen (secondary N) is 1. The summed E-state index contributed by atoms with van der Waals surface area (Å²) in [5.41, 5.74) is 0.286. The van der Waals surface area contributed by atoms with Gasteiger partial charge in [0.25, 0.3) is 0 Å². The molecule has 1 saturated heterocycles. The number of ether oxygens (including phenoxy) is 3. The quantitative estimate of drug-likeness (QED) is 0.586. The first-order valence-corrected chi connectivity index (χ1v) is 7.68. The van der Waals surface area contributed by atoms with E-state index in [4.69, 9.17) is 14.2 Å². The van der Waals surface area contributed by atoms with Gasteiger partial charge in [0.05, 0.1) is 6.61 Å². The molecule has 1 N–H and O–H groups in total. The van der Waals surface area contributed by atoms with E-state index >= 15 is 0 Å². The van der Waals surface area contributed by atoms with E-state index in [1.165, 1.54) is 19.3 Å². The molecule has 1 unspecified atom stereocenters. The summed E-state index contributed by atoms with van der Waals surface area (Å²) in [6.45, 7) is 8.57. The molecule has 0 bridgehead atoms. The van der Waals surface area contributed by atoms with Crippen molar-refractivity contribution in [3.05, 3.63) is 0 Å². The molecule has 4 heteroatoms. The van der Waals surface area contributed by atoms with Gasteiger partial charge in [0.1, 0.15) is 0 Å². The van der Waals surface area contributed by atoms with Crippen molar-refractivity contribution >= 4 is 0 Å². The smallest absolute Gasteiger partial charge is 0.0535 e. The first-order chi connectivity index (χ1) is 9.33. The van der Waals surface area contributed by atoms with Crippen LogP contribution in [0.2, 0.25) is 0 Å². The van der Waals surface area contributed by atoms with Crippen molar-refractivity contribution in [2.75, 3.05) is 53.2 Å². The molecule has 0 aromatic heterocycles. The summed E-state index contributed by atoms with van der Waals surface area (Å²) in [4.78, 5) is 0. The second-order valence-corrected chi connectivity index (χ2v) is 5.54. The summed E-state index contributed by atoms with van der Waals surface area (Å²) in [5, 5.41) is 3.55. The van der Waals surface area contributed by atoms with Gasteiger partial charge in [0.15, 0.2) is 0 Å². The lowest BCUT2D eigenvalue weighted by Crippen LogP contribution is -2.42. The third-order valence-corrected chi connectivity index (χ3v) is 3.74. The minimum atomic E-state index is 0.286. The first kappa shape index (κ1) is 16.9. The van der Waals surface area contributed by atoms with E-state index in [9.17, 15) is 0 Å². The van der Waals surface area contributed by atoms with Crippen LogP contribution in [0.3, 0.4) is 0 Å². The Morgan fingerprint density at radius 1 is 1.26 bits per heavy atom. The van der Waals surface area contributed by atoms with Crippen LogP contribution in [0.1, 0.15) is 39.0 Å². The summed E-state index contributed by atoms with van der Waals surface area (Å²) in [7, 11) is 1.73. The van der Waals surface area contributed by atoms with Gasteiger partial charge in [0.2, 0.25) is 0 Å². The zero-order valence-electron chi connectivity index (χ0n) is 12.7. The molecule has 1 aliphatic heterocycles. The average molecular weight is 273 g/mol. The number of hydrogen-bond donors (Lipinski definition) is 1. The van der Waals surface area contributed by atoms with Gasteiger partial charge >= 0.3 is 0 Å². The molecule has 1 heterocycles. The molecule has 0 aromatic carbocycles. The molecule has 1 aliphatic rings. The lowest BCUT2D eigenvalue weighted by molar-refractivity contribution is -0.0280. The fraction of sp³-hybridized carbons (Fsp3) is 1.00. The predicted octanol–water partition coefficient (Wildman–Crippen LogP) is 2.23. The van der Waals surface area contributed by atoms with E-state index in [0.29, 0.717) is 0 Å². The summed E-state index contributed by atoms with van der Waals surface area (Å²) in [5.74, 6) is 0. The van der Waals surface area contributed by atoms with Gasteiger partial charge < -0.3 is 19.5 Å². The SMILES string of the molecule is CCCNCC1(CCOCCCOC)CCCOC1. The Morgan fingerprint density at radius 2 is 2.16 bits per heavy atom. The monoisotopic (exact) mass is 273 g/mol. The van der Waals surface area contributed by atoms with E-state index < -0.39 is 0 Å². The maximum absolute atomic E-state index is 5.71. The Labute approximate surface area is 118 Å². The van der Waals surface area contributed by atoms with E-state index in [1.807, 2.05) is 0 Å². The maximum Gasteiger partial charge on any atom is 0.0535 e. The highest BCUT2D eigenvalue weighted by molar-refractivity contribution is 4.84. The Balaban J connectivity index is 2.20. The van der Waals surface area contributed by atoms with Crippen molar-refractivity contribution < 1.29 is 14.2 Å². The predicted molar refractivity (Wildman–Crippen MR) is 77.6 cm³/mol. The topological polar surface area (TPSA) is 39.7 Å². The zero-order chi connectivity index (χ0) is 13.8. The van der Waals surface area contributed by atoms with Crippen LogP contribution in [0.25, 0.3) is 0 Å². The zero-order valence-corrected chi connectivity index (χ0v) is 12.7. The summed E-state index contributed by atoms with van der Waals surface area (Å²) in [6, 6.07) is 0. The molecule has 1 rings (SSSR count). The molecule has 0 spiro atoms. The molecular formula is C15H31NO3. The molecule has 19 heavy (non-hydrogen) atoms. The van der Waals surface area contributed by atoms with E-state index in [-0.39, 0.29) is 5.41 Å². The summed E-state index contributed by atoms with van der Waals surface area (Å²) < 4.78 is 16.4. The van der Waals surface area contributed by atoms with E-state index in [2.05, 4.69) is 12.2 Å². The number of hydrogen-bond acceptors (Lipinski definition) is 4. The molecule has 114 valence electrons. The molecule has 1 fully saturated rings. The second-order valence-electron chi connectivity index (χ2n) is 5.54. The maximum atomic E-state index is 5.71. The Bertz CT molecular complexity index is 206. The molecule has 0 radical (unpaired) electrons. The van der Waals surface area contributed by atoms with Crippen LogP contribution in [0.4, 0.5) is 0 Å². The molecule has 0 amide bonds. The molecule has 0 aromatic rings. The number of rotatable bonds is 11. The van der Waals surface area contributed by atoms with Crippen molar-refractivity contribution in [1.29, 1.82) is 0 Å². The fourth-order valence-electron chi connectivity index (χ4n) is 2.56. The standard InChI is InChI=1S/C15H31NO3/c1-3-8-16-13-15(6-4-10-19-14-15)7-12-18-11-5-9-17-2/h16H,3-14H2,1-2H3. The Morgan fingerprint density at radius 3 is 2.84 bits per heavy atom. The first-order valence-electron chi connectivity index (χ1n) is 7.68. The molecular weight excluding hydrogens is 242 g/mol. The molecule has 0 saturated carbocycles. The van der Waals surface area contributed by atoms with Crippen molar-refractivity contribution in [2.45, 2.75) is 39.0 Å². The van der Waals surface area contributed by atoms with Gasteiger partial charge in [-0.05, 0) is 38.6 Å². The van der Waals surface area contributed by atoms with Crippen LogP contribution in [0, 0.1) is 5.41 Å². The third kappa shape index (κ3) is 7.25. The molecule has 4 nitrogen and oxygen atoms in total. The highest BCUT2D eigenvalue weighted by atomic mass is 16.5. The van der Waals surface area contributed by atoms with E-state index in [1.54, 1.807) is 7.11 Å². The van der Waals surface area contributed by atoms with Gasteiger partial charge in [-0.1, -0.05) is 6.92 Å². The van der Waals surface area contributed by atoms with Crippen molar-refractivity contribution in [2.24, 2.45) is 5.41 Å². The highest BCUT2D eigenvalue weighted by Gasteiger charge is 2.32. The highest BCUT2D eigenvalue weighted by Crippen LogP contribution is 2.31. The van der Waals surface area contributed by atoms with Gasteiger partial charge in [-0.25, -0.2) is 0 Å². The van der Waals surface area contributed by atoms with Crippen molar-refractivity contribution in [3.63, 3.8) is 0 Å². The van der Waals surface area contributed by atoms with Crippen LogP contribution in [0.15, 0.2) is 0 Å². The van der Waals surface area contributed by atoms with Crippen molar-refractivity contribution in [3.8, 4) is 0 Å². The Kier molecular flexibility index (Phi) is 9.43. The van der Waals surface area contributed by atoms with E-state index in [0.717, 1.165) is 59.0 Å². The fourth-order valence-corrected chi connectivity index (χ4v) is 2.56. The van der Waals surface area contributed by atoms with Gasteiger partial charge in [-0.15, -0.1) is 0 Å². The number of methoxy groups -OCH3 is 1. The van der Waals surface area contributed by atoms with Crippen LogP contribution in [-0.2, 0) is 14.2 Å². The van der Waals surface area contributed by atoms with Crippen LogP contribution in [0.5, 0.6) is 0 Å². The van der Waals surface area contributed by atoms with Crippen LogP contribution >= 0.6 is 0 Å². The average Bonchev–Trinajstić information content (AvgIpc) is 2.44.